The predicted molar refractivity (Wildman–Crippen MR) is 286 cm³/mol. The van der Waals surface area contributed by atoms with Gasteiger partial charge in [-0.2, -0.15) is 0 Å². The Balaban J connectivity index is -0.000000311. The van der Waals surface area contributed by atoms with Crippen molar-refractivity contribution in [2.45, 2.75) is 58.4 Å². The Morgan fingerprint density at radius 3 is 1.34 bits per heavy atom. The van der Waals surface area contributed by atoms with E-state index in [0.717, 1.165) is 80.3 Å². The van der Waals surface area contributed by atoms with Crippen LogP contribution in [0.25, 0.3) is 44.1 Å². The molecule has 8 N–H and O–H groups in total. The van der Waals surface area contributed by atoms with Crippen LogP contribution in [0.1, 0.15) is 56.2 Å². The lowest BCUT2D eigenvalue weighted by Gasteiger charge is -2.01. The maximum absolute atomic E-state index is 4.81. The van der Waals surface area contributed by atoms with E-state index in [4.69, 9.17) is 11.5 Å². The average Bonchev–Trinajstić information content (AvgIpc) is 3.89. The van der Waals surface area contributed by atoms with Gasteiger partial charge in [0.1, 0.15) is 11.6 Å². The number of hydrogen-bond acceptors (Lipinski definition) is 8. The first-order valence-electron chi connectivity index (χ1n) is 16.2. The van der Waals surface area contributed by atoms with E-state index in [1.165, 1.54) is 0 Å². The summed E-state index contributed by atoms with van der Waals surface area (Å²) in [7, 11) is 15.2. The number of nitrogens with zero attached hydrogens (tertiary/aromatic N) is 6. The van der Waals surface area contributed by atoms with Gasteiger partial charge in [0.25, 0.3) is 0 Å². The summed E-state index contributed by atoms with van der Waals surface area (Å²) in [5.74, 6) is 3.70. The normalized spacial score (nSPS) is 9.00. The van der Waals surface area contributed by atoms with Gasteiger partial charge in [-0.15, -0.1) is 37.0 Å². The van der Waals surface area contributed by atoms with Crippen LogP contribution in [0.4, 0.5) is 11.9 Å². The second kappa shape index (κ2) is 33.7. The molecule has 12 nitrogen and oxygen atoms in total. The summed E-state index contributed by atoms with van der Waals surface area (Å²) in [5, 5.41) is 6.25. The molecule has 18 heteroatoms. The molecule has 4 heterocycles. The Labute approximate surface area is 363 Å². The summed E-state index contributed by atoms with van der Waals surface area (Å²) >= 11 is 0. The standard InChI is InChI=1S/C8H11N3P2.C8H10N3P.C8H9N2P.C8H8N2.2CH6NP.6CH4/c12-5-9-8-10-6-3-1-2-4-7(6)11(8)13;12-5-9-8-10-6-3-1-2-4-7(6)11-8;1-6-9-7-4-2-3-5-8(7)10(6)11;1-6-9-7-4-2-3-5-8(7)10-6;2*2-1-3;;;;;;/h1-4H,5,12-13H2,(H,9,10);1-4H,5,12H2,(H2,9,10,11);2-5H,11H2,1H3;2-5H,1H3,(H,9,10);2*1-3H2;6*1H4. The van der Waals surface area contributed by atoms with Crippen molar-refractivity contribution in [2.24, 2.45) is 11.5 Å². The smallest absolute Gasteiger partial charge is 0.207 e. The SMILES string of the molecule is C.C.C.C.C.C.Cc1nc2ccccc2[nH]1.Cc1nc2ccccc2n1P.NCP.NCP.PCNc1nc2ccccc2[nH]1.PCNc1nc2ccccc2n1P. The van der Waals surface area contributed by atoms with Crippen LogP contribution in [0.2, 0.25) is 0 Å². The van der Waals surface area contributed by atoms with E-state index in [1.54, 1.807) is 0 Å². The van der Waals surface area contributed by atoms with Crippen molar-refractivity contribution >= 4 is 112 Å². The lowest BCUT2D eigenvalue weighted by atomic mass is 10.3. The van der Waals surface area contributed by atoms with E-state index in [1.807, 2.05) is 114 Å². The second-order valence-electron chi connectivity index (χ2n) is 10.5. The van der Waals surface area contributed by atoms with Crippen molar-refractivity contribution in [3.63, 3.8) is 0 Å². The Bertz CT molecular complexity index is 2150. The van der Waals surface area contributed by atoms with Crippen molar-refractivity contribution < 1.29 is 0 Å². The fourth-order valence-electron chi connectivity index (χ4n) is 4.64. The van der Waals surface area contributed by atoms with Gasteiger partial charge in [-0.05, 0) is 81.2 Å². The van der Waals surface area contributed by atoms with E-state index < -0.39 is 0 Å². The molecule has 4 aromatic carbocycles. The molecule has 0 saturated heterocycles. The maximum Gasteiger partial charge on any atom is 0.207 e. The lowest BCUT2D eigenvalue weighted by Crippen LogP contribution is -1.98. The zero-order chi connectivity index (χ0) is 37.9. The topological polar surface area (TPSA) is 169 Å². The van der Waals surface area contributed by atoms with Gasteiger partial charge in [-0.3, -0.25) is 4.34 Å². The van der Waals surface area contributed by atoms with Gasteiger partial charge in [0, 0.05) is 25.1 Å². The van der Waals surface area contributed by atoms with E-state index in [-0.39, 0.29) is 44.6 Å². The predicted octanol–water partition coefficient (Wildman–Crippen LogP) is 11.0. The molecule has 0 aliphatic rings. The molecule has 0 radical (unpaired) electrons. The Morgan fingerprint density at radius 2 is 0.914 bits per heavy atom. The number of hydrogen-bond donors (Lipinski definition) is 6. The minimum Gasteiger partial charge on any atom is -0.352 e. The third kappa shape index (κ3) is 18.8. The summed E-state index contributed by atoms with van der Waals surface area (Å²) < 4.78 is 3.98. The molecule has 6 atom stereocenters. The van der Waals surface area contributed by atoms with Gasteiger partial charge in [0.05, 0.1) is 44.1 Å². The highest BCUT2D eigenvalue weighted by atomic mass is 31.0. The van der Waals surface area contributed by atoms with Crippen molar-refractivity contribution in [3.8, 4) is 0 Å². The van der Waals surface area contributed by atoms with Crippen LogP contribution in [0.15, 0.2) is 97.1 Å². The van der Waals surface area contributed by atoms with Gasteiger partial charge in [-0.1, -0.05) is 93.1 Å². The maximum atomic E-state index is 4.81. The zero-order valence-corrected chi connectivity index (χ0v) is 36.3. The van der Waals surface area contributed by atoms with Gasteiger partial charge < -0.3 is 36.4 Å². The number of benzene rings is 4. The molecule has 58 heavy (non-hydrogen) atoms. The molecule has 6 unspecified atom stereocenters. The number of fused-ring (bicyclic) bond motifs is 4. The lowest BCUT2D eigenvalue weighted by molar-refractivity contribution is 1.12. The summed E-state index contributed by atoms with van der Waals surface area (Å²) in [4.78, 5) is 23.7. The number of aryl methyl sites for hydroxylation is 2. The minimum absolute atomic E-state index is 0. The molecule has 0 fully saturated rings. The molecule has 4 aromatic heterocycles. The largest absolute Gasteiger partial charge is 0.352 e. The number of aromatic nitrogens is 8. The van der Waals surface area contributed by atoms with Crippen molar-refractivity contribution in [1.29, 1.82) is 0 Å². The minimum atomic E-state index is 0. The number of nitrogens with one attached hydrogen (secondary N) is 4. The number of aromatic amines is 2. The van der Waals surface area contributed by atoms with E-state index in [0.29, 0.717) is 12.6 Å². The first kappa shape index (κ1) is 61.5. The molecule has 0 bridgehead atoms. The molecule has 324 valence electrons. The Kier molecular flexibility index (Phi) is 35.7. The van der Waals surface area contributed by atoms with Crippen molar-refractivity contribution in [2.75, 3.05) is 35.8 Å². The first-order chi connectivity index (χ1) is 25.2. The number of anilines is 2. The summed E-state index contributed by atoms with van der Waals surface area (Å²) in [6, 6.07) is 32.1. The average molecular weight is 909 g/mol. The summed E-state index contributed by atoms with van der Waals surface area (Å²) in [5.41, 5.74) is 18.2. The first-order valence-corrected chi connectivity index (χ1v) is 20.5. The molecule has 0 amide bonds. The summed E-state index contributed by atoms with van der Waals surface area (Å²) in [6.45, 7) is 3.95. The highest BCUT2D eigenvalue weighted by Crippen LogP contribution is 2.22. The van der Waals surface area contributed by atoms with E-state index >= 15 is 0 Å². The number of nitrogens with two attached hydrogens (primary N) is 2. The third-order valence-corrected chi connectivity index (χ3v) is 8.38. The fourth-order valence-corrected chi connectivity index (χ4v) is 5.66. The van der Waals surface area contributed by atoms with Crippen LogP contribution in [0, 0.1) is 13.8 Å². The van der Waals surface area contributed by atoms with E-state index in [9.17, 15) is 0 Å². The molecular formula is C40H74N12P6. The molecule has 0 spiro atoms. The zero-order valence-electron chi connectivity index (χ0n) is 29.4. The highest BCUT2D eigenvalue weighted by molar-refractivity contribution is 7.17. The third-order valence-electron chi connectivity index (χ3n) is 6.79. The van der Waals surface area contributed by atoms with Crippen LogP contribution in [0.5, 0.6) is 0 Å². The second-order valence-corrected chi connectivity index (χ2v) is 13.3. The van der Waals surface area contributed by atoms with Crippen molar-refractivity contribution in [3.05, 3.63) is 109 Å². The highest BCUT2D eigenvalue weighted by Gasteiger charge is 2.05. The quantitative estimate of drug-likeness (QED) is 0.0948. The van der Waals surface area contributed by atoms with Crippen LogP contribution >= 0.6 is 55.7 Å². The van der Waals surface area contributed by atoms with E-state index in [2.05, 4.69) is 102 Å². The summed E-state index contributed by atoms with van der Waals surface area (Å²) in [6.07, 6.45) is 2.94. The Hall–Kier alpha value is -3.14. The van der Waals surface area contributed by atoms with Gasteiger partial charge in [-0.25, -0.2) is 19.9 Å². The van der Waals surface area contributed by atoms with Gasteiger partial charge in [0.15, 0.2) is 0 Å². The molecule has 8 rings (SSSR count). The van der Waals surface area contributed by atoms with Gasteiger partial charge in [0.2, 0.25) is 11.9 Å². The fraction of sp³-hybridized carbons (Fsp3) is 0.300. The number of para-hydroxylation sites is 8. The van der Waals surface area contributed by atoms with Crippen LogP contribution in [0.3, 0.4) is 0 Å². The van der Waals surface area contributed by atoms with Crippen molar-refractivity contribution in [1.82, 2.24) is 38.6 Å². The molecule has 0 saturated carbocycles. The number of H-pyrrole nitrogens is 2. The Morgan fingerprint density at radius 1 is 0.517 bits per heavy atom. The molecule has 0 aliphatic heterocycles. The molecular weight excluding hydrogens is 834 g/mol. The molecule has 8 aromatic rings. The number of imidazole rings is 4. The van der Waals surface area contributed by atoms with Crippen LogP contribution < -0.4 is 22.1 Å². The van der Waals surface area contributed by atoms with Crippen LogP contribution in [-0.4, -0.2) is 63.7 Å². The van der Waals surface area contributed by atoms with Gasteiger partial charge >= 0.3 is 0 Å². The monoisotopic (exact) mass is 908 g/mol. The van der Waals surface area contributed by atoms with Crippen LogP contribution in [-0.2, 0) is 0 Å². The number of rotatable bonds is 4. The molecule has 0 aliphatic carbocycles.